The predicted molar refractivity (Wildman–Crippen MR) is 42.9 cm³/mol. The van der Waals surface area contributed by atoms with Gasteiger partial charge >= 0.3 is 0 Å². The van der Waals surface area contributed by atoms with E-state index in [0.29, 0.717) is 18.4 Å². The molecule has 0 rings (SSSR count). The molecule has 0 aromatic carbocycles. The third-order valence-electron chi connectivity index (χ3n) is 1.42. The van der Waals surface area contributed by atoms with Crippen LogP contribution in [-0.2, 0) is 9.59 Å². The van der Waals surface area contributed by atoms with Gasteiger partial charge in [-0.1, -0.05) is 13.0 Å². The molecule has 0 radical (unpaired) electrons. The van der Waals surface area contributed by atoms with Crippen LogP contribution in [0, 0.1) is 0 Å². The summed E-state index contributed by atoms with van der Waals surface area (Å²) in [7, 11) is 0. The average molecular weight is 155 g/mol. The maximum Gasteiger partial charge on any atom is 0.244 e. The van der Waals surface area contributed by atoms with Crippen LogP contribution in [0.25, 0.3) is 0 Å². The number of carbonyl (C=O) groups is 2. The van der Waals surface area contributed by atoms with Crippen LogP contribution in [0.3, 0.4) is 0 Å². The summed E-state index contributed by atoms with van der Waals surface area (Å²) in [5.74, 6) is -0.348. The van der Waals surface area contributed by atoms with Crippen molar-refractivity contribution in [1.82, 2.24) is 0 Å². The zero-order chi connectivity index (χ0) is 8.85. The van der Waals surface area contributed by atoms with Gasteiger partial charge in [0.1, 0.15) is 5.78 Å². The Balaban J connectivity index is 3.92. The van der Waals surface area contributed by atoms with Gasteiger partial charge in [-0.05, 0) is 6.92 Å². The Morgan fingerprint density at radius 2 is 2.00 bits per heavy atom. The molecule has 0 bridgehead atoms. The minimum absolute atomic E-state index is 0.116. The fourth-order valence-electron chi connectivity index (χ4n) is 0.512. The van der Waals surface area contributed by atoms with Crippen LogP contribution in [0.5, 0.6) is 0 Å². The van der Waals surface area contributed by atoms with Gasteiger partial charge < -0.3 is 5.73 Å². The third kappa shape index (κ3) is 4.31. The van der Waals surface area contributed by atoms with E-state index in [-0.39, 0.29) is 5.78 Å². The van der Waals surface area contributed by atoms with Crippen LogP contribution in [0.1, 0.15) is 26.7 Å². The van der Waals surface area contributed by atoms with Crippen LogP contribution in [0.4, 0.5) is 0 Å². The lowest BCUT2D eigenvalue weighted by Crippen LogP contribution is -2.11. The molecule has 0 saturated heterocycles. The number of Topliss-reactive ketones (excluding diaryl/α,β-unsaturated/α-hetero) is 1. The summed E-state index contributed by atoms with van der Waals surface area (Å²) in [6, 6.07) is 0. The molecule has 62 valence electrons. The Hall–Kier alpha value is -1.12. The zero-order valence-corrected chi connectivity index (χ0v) is 6.89. The number of carbonyl (C=O) groups excluding carboxylic acids is 2. The first kappa shape index (κ1) is 9.88. The van der Waals surface area contributed by atoms with E-state index in [4.69, 9.17) is 5.73 Å². The van der Waals surface area contributed by atoms with Crippen LogP contribution in [0.2, 0.25) is 0 Å². The first-order chi connectivity index (χ1) is 5.07. The molecular formula is C8H13NO2. The maximum absolute atomic E-state index is 10.7. The van der Waals surface area contributed by atoms with E-state index >= 15 is 0 Å². The zero-order valence-electron chi connectivity index (χ0n) is 6.89. The number of primary amides is 1. The Morgan fingerprint density at radius 3 is 2.36 bits per heavy atom. The van der Waals surface area contributed by atoms with Crippen molar-refractivity contribution in [3.8, 4) is 0 Å². The molecule has 0 aromatic rings. The average Bonchev–Trinajstić information content (AvgIpc) is 1.99. The van der Waals surface area contributed by atoms with E-state index < -0.39 is 5.91 Å². The van der Waals surface area contributed by atoms with Crippen molar-refractivity contribution in [1.29, 1.82) is 0 Å². The fourth-order valence-corrected chi connectivity index (χ4v) is 0.512. The summed E-state index contributed by atoms with van der Waals surface area (Å²) < 4.78 is 0. The number of amides is 1. The van der Waals surface area contributed by atoms with Crippen molar-refractivity contribution in [2.24, 2.45) is 5.73 Å². The van der Waals surface area contributed by atoms with Crippen molar-refractivity contribution in [2.75, 3.05) is 0 Å². The minimum atomic E-state index is -0.464. The summed E-state index contributed by atoms with van der Waals surface area (Å²) in [6.45, 7) is 3.39. The van der Waals surface area contributed by atoms with Gasteiger partial charge in [0, 0.05) is 18.4 Å². The smallest absolute Gasteiger partial charge is 0.244 e. The summed E-state index contributed by atoms with van der Waals surface area (Å²) in [6.07, 6.45) is 2.38. The molecule has 2 N–H and O–H groups in total. The highest BCUT2D eigenvalue weighted by atomic mass is 16.1. The molecule has 1 amide bonds. The number of rotatable bonds is 4. The van der Waals surface area contributed by atoms with Gasteiger partial charge in [0.05, 0.1) is 0 Å². The van der Waals surface area contributed by atoms with Crippen molar-refractivity contribution in [2.45, 2.75) is 26.7 Å². The molecule has 3 heteroatoms. The molecular weight excluding hydrogens is 142 g/mol. The second kappa shape index (κ2) is 4.66. The van der Waals surface area contributed by atoms with Gasteiger partial charge in [-0.2, -0.15) is 0 Å². The summed E-state index contributed by atoms with van der Waals surface area (Å²) in [5, 5.41) is 0. The topological polar surface area (TPSA) is 60.2 Å². The van der Waals surface area contributed by atoms with Crippen molar-refractivity contribution < 1.29 is 9.59 Å². The minimum Gasteiger partial charge on any atom is -0.366 e. The molecule has 0 atom stereocenters. The van der Waals surface area contributed by atoms with Gasteiger partial charge in [-0.15, -0.1) is 0 Å². The molecule has 0 saturated carbocycles. The van der Waals surface area contributed by atoms with E-state index in [1.54, 1.807) is 19.9 Å². The molecule has 0 heterocycles. The van der Waals surface area contributed by atoms with Crippen LogP contribution in [-0.4, -0.2) is 11.7 Å². The first-order valence-corrected chi connectivity index (χ1v) is 3.56. The van der Waals surface area contributed by atoms with Crippen LogP contribution >= 0.6 is 0 Å². The van der Waals surface area contributed by atoms with Crippen molar-refractivity contribution in [3.05, 3.63) is 11.6 Å². The van der Waals surface area contributed by atoms with Gasteiger partial charge in [-0.3, -0.25) is 9.59 Å². The highest BCUT2D eigenvalue weighted by Crippen LogP contribution is 1.96. The predicted octanol–water partition coefficient (Wildman–Crippen LogP) is 0.787. The Labute approximate surface area is 66.3 Å². The summed E-state index contributed by atoms with van der Waals surface area (Å²) >= 11 is 0. The van der Waals surface area contributed by atoms with Crippen LogP contribution < -0.4 is 5.73 Å². The number of allylic oxidation sites excluding steroid dienone is 1. The standard InChI is InChI=1S/C8H13NO2/c1-3-7(10)5-4-6(2)8(9)11/h4H,3,5H2,1-2H3,(H2,9,11)/b6-4+. The Morgan fingerprint density at radius 1 is 1.45 bits per heavy atom. The highest BCUT2D eigenvalue weighted by Gasteiger charge is 1.98. The SMILES string of the molecule is CCC(=O)C/C=C(\C)C(N)=O. The second-order valence-corrected chi connectivity index (χ2v) is 2.35. The van der Waals surface area contributed by atoms with E-state index in [1.165, 1.54) is 0 Å². The van der Waals surface area contributed by atoms with E-state index in [9.17, 15) is 9.59 Å². The van der Waals surface area contributed by atoms with Crippen molar-refractivity contribution in [3.63, 3.8) is 0 Å². The summed E-state index contributed by atoms with van der Waals surface area (Å²) in [4.78, 5) is 21.2. The molecule has 0 aromatic heterocycles. The van der Waals surface area contributed by atoms with E-state index in [0.717, 1.165) is 0 Å². The monoisotopic (exact) mass is 155 g/mol. The van der Waals surface area contributed by atoms with Gasteiger partial charge in [0.15, 0.2) is 0 Å². The Kier molecular flexibility index (Phi) is 4.18. The molecule has 0 aliphatic heterocycles. The molecule has 0 unspecified atom stereocenters. The lowest BCUT2D eigenvalue weighted by atomic mass is 10.1. The number of nitrogens with two attached hydrogens (primary N) is 1. The quantitative estimate of drug-likeness (QED) is 0.610. The lowest BCUT2D eigenvalue weighted by molar-refractivity contribution is -0.117. The number of ketones is 1. The molecule has 0 spiro atoms. The third-order valence-corrected chi connectivity index (χ3v) is 1.42. The van der Waals surface area contributed by atoms with Gasteiger partial charge in [0.2, 0.25) is 5.91 Å². The first-order valence-electron chi connectivity index (χ1n) is 3.56. The van der Waals surface area contributed by atoms with E-state index in [2.05, 4.69) is 0 Å². The van der Waals surface area contributed by atoms with Gasteiger partial charge in [-0.25, -0.2) is 0 Å². The highest BCUT2D eigenvalue weighted by molar-refractivity contribution is 5.92. The molecule has 11 heavy (non-hydrogen) atoms. The number of hydrogen-bond acceptors (Lipinski definition) is 2. The fraction of sp³-hybridized carbons (Fsp3) is 0.500. The van der Waals surface area contributed by atoms with E-state index in [1.807, 2.05) is 0 Å². The van der Waals surface area contributed by atoms with Crippen LogP contribution in [0.15, 0.2) is 11.6 Å². The molecule has 0 fully saturated rings. The molecule has 3 nitrogen and oxygen atoms in total. The second-order valence-electron chi connectivity index (χ2n) is 2.35. The lowest BCUT2D eigenvalue weighted by Gasteiger charge is -1.92. The van der Waals surface area contributed by atoms with Gasteiger partial charge in [0.25, 0.3) is 0 Å². The normalized spacial score (nSPS) is 11.3. The number of hydrogen-bond donors (Lipinski definition) is 1. The largest absolute Gasteiger partial charge is 0.366 e. The van der Waals surface area contributed by atoms with Crippen molar-refractivity contribution >= 4 is 11.7 Å². The molecule has 0 aliphatic carbocycles. The Bertz CT molecular complexity index is 194. The molecule has 0 aliphatic rings. The maximum atomic E-state index is 10.7. The summed E-state index contributed by atoms with van der Waals surface area (Å²) in [5.41, 5.74) is 5.40.